The number of benzene rings is 1. The third kappa shape index (κ3) is 2.82. The number of hydrogen-bond donors (Lipinski definition) is 1. The molecule has 1 aromatic rings. The van der Waals surface area contributed by atoms with Crippen molar-refractivity contribution in [3.05, 3.63) is 22.3 Å². The summed E-state index contributed by atoms with van der Waals surface area (Å²) in [6.07, 6.45) is 2.39. The predicted molar refractivity (Wildman–Crippen MR) is 93.0 cm³/mol. The summed E-state index contributed by atoms with van der Waals surface area (Å²) in [5, 5.41) is 9.27. The van der Waals surface area contributed by atoms with E-state index in [0.717, 1.165) is 29.5 Å². The van der Waals surface area contributed by atoms with E-state index in [2.05, 4.69) is 72.7 Å². The lowest BCUT2D eigenvalue weighted by Gasteiger charge is -2.22. The van der Waals surface area contributed by atoms with Crippen molar-refractivity contribution in [2.24, 2.45) is 0 Å². The molecule has 6 heteroatoms. The fourth-order valence-corrected chi connectivity index (χ4v) is 6.52. The van der Waals surface area contributed by atoms with Gasteiger partial charge in [0.1, 0.15) is 0 Å². The Morgan fingerprint density at radius 1 is 1.18 bits per heavy atom. The van der Waals surface area contributed by atoms with Crippen LogP contribution in [0.5, 0.6) is 0 Å². The standard InChI is InChI=1S/C11H10I3NO2/c12-6-5-7(13)10(15-3-1-2-4-15)9(14)8(6)11(16)17/h5H,1-4H2,(H,16,17). The van der Waals surface area contributed by atoms with Gasteiger partial charge in [-0.05, 0) is 86.7 Å². The number of anilines is 1. The first-order valence-electron chi connectivity index (χ1n) is 5.18. The summed E-state index contributed by atoms with van der Waals surface area (Å²) < 4.78 is 2.82. The van der Waals surface area contributed by atoms with Gasteiger partial charge >= 0.3 is 5.97 Å². The van der Waals surface area contributed by atoms with Gasteiger partial charge in [-0.3, -0.25) is 0 Å². The molecule has 0 bridgehead atoms. The van der Waals surface area contributed by atoms with Crippen molar-refractivity contribution >= 4 is 79.4 Å². The van der Waals surface area contributed by atoms with Crippen LogP contribution in [0.1, 0.15) is 23.2 Å². The van der Waals surface area contributed by atoms with Crippen molar-refractivity contribution in [2.45, 2.75) is 12.8 Å². The lowest BCUT2D eigenvalue weighted by molar-refractivity contribution is 0.0694. The van der Waals surface area contributed by atoms with Crippen LogP contribution in [-0.2, 0) is 0 Å². The zero-order valence-corrected chi connectivity index (χ0v) is 15.3. The smallest absolute Gasteiger partial charge is 0.337 e. The van der Waals surface area contributed by atoms with Gasteiger partial charge in [-0.2, -0.15) is 0 Å². The Labute approximate surface area is 141 Å². The van der Waals surface area contributed by atoms with Crippen molar-refractivity contribution in [1.82, 2.24) is 0 Å². The highest BCUT2D eigenvalue weighted by molar-refractivity contribution is 14.1. The Balaban J connectivity index is 2.58. The highest BCUT2D eigenvalue weighted by atomic mass is 127. The number of halogens is 3. The molecule has 0 unspecified atom stereocenters. The molecule has 1 N–H and O–H groups in total. The molecule has 2 rings (SSSR count). The molecule has 1 heterocycles. The molecule has 0 saturated carbocycles. The number of carboxylic acids is 1. The molecule has 1 aromatic carbocycles. The van der Waals surface area contributed by atoms with Crippen molar-refractivity contribution in [2.75, 3.05) is 18.0 Å². The lowest BCUT2D eigenvalue weighted by atomic mass is 10.2. The number of carboxylic acid groups (broad SMARTS) is 1. The average molecular weight is 569 g/mol. The zero-order valence-electron chi connectivity index (χ0n) is 8.84. The maximum absolute atomic E-state index is 11.3. The summed E-state index contributed by atoms with van der Waals surface area (Å²) in [6, 6.07) is 1.96. The second-order valence-electron chi connectivity index (χ2n) is 3.88. The summed E-state index contributed by atoms with van der Waals surface area (Å²) in [6.45, 7) is 2.07. The number of aromatic carboxylic acids is 1. The second kappa shape index (κ2) is 5.76. The maximum atomic E-state index is 11.3. The van der Waals surface area contributed by atoms with E-state index in [1.807, 2.05) is 6.07 Å². The number of nitrogens with zero attached hydrogens (tertiary/aromatic N) is 1. The summed E-state index contributed by atoms with van der Waals surface area (Å²) in [5.41, 5.74) is 1.54. The Morgan fingerprint density at radius 3 is 2.29 bits per heavy atom. The largest absolute Gasteiger partial charge is 0.478 e. The molecule has 1 saturated heterocycles. The van der Waals surface area contributed by atoms with Crippen molar-refractivity contribution in [1.29, 1.82) is 0 Å². The fraction of sp³-hybridized carbons (Fsp3) is 0.364. The first-order valence-corrected chi connectivity index (χ1v) is 8.41. The number of hydrogen-bond acceptors (Lipinski definition) is 2. The summed E-state index contributed by atoms with van der Waals surface area (Å²) >= 11 is 6.56. The van der Waals surface area contributed by atoms with E-state index in [1.165, 1.54) is 12.8 Å². The Morgan fingerprint density at radius 2 is 1.76 bits per heavy atom. The Kier molecular flexibility index (Phi) is 4.78. The van der Waals surface area contributed by atoms with Crippen LogP contribution < -0.4 is 4.90 Å². The minimum atomic E-state index is -0.837. The SMILES string of the molecule is O=C(O)c1c(I)cc(I)c(N2CCCC2)c1I. The minimum Gasteiger partial charge on any atom is -0.478 e. The van der Waals surface area contributed by atoms with Crippen LogP contribution in [0.3, 0.4) is 0 Å². The molecule has 17 heavy (non-hydrogen) atoms. The number of carbonyl (C=O) groups is 1. The molecule has 1 fully saturated rings. The van der Waals surface area contributed by atoms with Gasteiger partial charge in [0.2, 0.25) is 0 Å². The quantitative estimate of drug-likeness (QED) is 0.552. The van der Waals surface area contributed by atoms with Crippen molar-refractivity contribution in [3.63, 3.8) is 0 Å². The van der Waals surface area contributed by atoms with Crippen LogP contribution in [0.15, 0.2) is 6.07 Å². The molecule has 92 valence electrons. The molecule has 0 spiro atoms. The fourth-order valence-electron chi connectivity index (χ4n) is 2.01. The van der Waals surface area contributed by atoms with E-state index in [-0.39, 0.29) is 0 Å². The molecule has 0 amide bonds. The third-order valence-electron chi connectivity index (χ3n) is 2.78. The van der Waals surface area contributed by atoms with Gasteiger partial charge < -0.3 is 10.0 Å². The monoisotopic (exact) mass is 569 g/mol. The van der Waals surface area contributed by atoms with E-state index < -0.39 is 5.97 Å². The van der Waals surface area contributed by atoms with Crippen molar-refractivity contribution in [3.8, 4) is 0 Å². The van der Waals surface area contributed by atoms with E-state index in [1.54, 1.807) is 0 Å². The van der Waals surface area contributed by atoms with Gasteiger partial charge in [-0.15, -0.1) is 0 Å². The molecule has 0 aliphatic carbocycles. The predicted octanol–water partition coefficient (Wildman–Crippen LogP) is 3.80. The lowest BCUT2D eigenvalue weighted by Crippen LogP contribution is -2.21. The van der Waals surface area contributed by atoms with E-state index >= 15 is 0 Å². The first kappa shape index (κ1) is 14.1. The molecule has 0 atom stereocenters. The molecule has 0 aromatic heterocycles. The highest BCUT2D eigenvalue weighted by Gasteiger charge is 2.24. The van der Waals surface area contributed by atoms with Crippen molar-refractivity contribution < 1.29 is 9.90 Å². The summed E-state index contributed by atoms with van der Waals surface area (Å²) in [4.78, 5) is 13.6. The second-order valence-corrected chi connectivity index (χ2v) is 7.28. The molecule has 1 aliphatic rings. The van der Waals surface area contributed by atoms with Gasteiger partial charge in [0.05, 0.1) is 14.8 Å². The Bertz CT molecular complexity index is 470. The number of rotatable bonds is 2. The normalized spacial score (nSPS) is 15.4. The van der Waals surface area contributed by atoms with Gasteiger partial charge in [-0.25, -0.2) is 4.79 Å². The summed E-state index contributed by atoms with van der Waals surface area (Å²) in [7, 11) is 0. The van der Waals surface area contributed by atoms with Gasteiger partial charge in [-0.1, -0.05) is 0 Å². The van der Waals surface area contributed by atoms with E-state index in [0.29, 0.717) is 5.56 Å². The molecule has 0 radical (unpaired) electrons. The van der Waals surface area contributed by atoms with Gasteiger partial charge in [0.15, 0.2) is 0 Å². The Hall–Kier alpha value is 0.680. The highest BCUT2D eigenvalue weighted by Crippen LogP contribution is 2.35. The zero-order chi connectivity index (χ0) is 12.6. The topological polar surface area (TPSA) is 40.5 Å². The van der Waals surface area contributed by atoms with Crippen LogP contribution in [0.25, 0.3) is 0 Å². The molecular formula is C11H10I3NO2. The van der Waals surface area contributed by atoms with Gasteiger partial charge in [0, 0.05) is 20.2 Å². The van der Waals surface area contributed by atoms with Crippen LogP contribution >= 0.6 is 67.8 Å². The summed E-state index contributed by atoms with van der Waals surface area (Å²) in [5.74, 6) is -0.837. The molecule has 3 nitrogen and oxygen atoms in total. The van der Waals surface area contributed by atoms with E-state index in [4.69, 9.17) is 0 Å². The van der Waals surface area contributed by atoms with Crippen LogP contribution in [-0.4, -0.2) is 24.2 Å². The third-order valence-corrected chi connectivity index (χ3v) is 5.51. The van der Waals surface area contributed by atoms with E-state index in [9.17, 15) is 9.90 Å². The average Bonchev–Trinajstić information content (AvgIpc) is 2.69. The molecular weight excluding hydrogens is 559 g/mol. The molecule has 1 aliphatic heterocycles. The first-order chi connectivity index (χ1) is 8.02. The van der Waals surface area contributed by atoms with Gasteiger partial charge in [0.25, 0.3) is 0 Å². The minimum absolute atomic E-state index is 0.438. The van der Waals surface area contributed by atoms with Crippen LogP contribution in [0.4, 0.5) is 5.69 Å². The van der Waals surface area contributed by atoms with Crippen LogP contribution in [0.2, 0.25) is 0 Å². The maximum Gasteiger partial charge on any atom is 0.337 e. The van der Waals surface area contributed by atoms with Crippen LogP contribution in [0, 0.1) is 10.7 Å².